The predicted octanol–water partition coefficient (Wildman–Crippen LogP) is 3.73. The Morgan fingerprint density at radius 3 is 2.33 bits per heavy atom. The van der Waals surface area contributed by atoms with Crippen LogP contribution in [0.3, 0.4) is 0 Å². The highest BCUT2D eigenvalue weighted by Gasteiger charge is 2.47. The molecule has 2 aromatic carbocycles. The third-order valence-electron chi connectivity index (χ3n) is 4.21. The van der Waals surface area contributed by atoms with Crippen molar-refractivity contribution in [1.82, 2.24) is 0 Å². The molecular formula is C16H15Cl2NO2. The zero-order chi connectivity index (χ0) is 15.2. The van der Waals surface area contributed by atoms with Gasteiger partial charge in [-0.15, -0.1) is 0 Å². The Hall–Kier alpha value is -1.26. The molecule has 0 radical (unpaired) electrons. The molecule has 1 aliphatic rings. The molecule has 3 nitrogen and oxygen atoms in total. The van der Waals surface area contributed by atoms with E-state index in [1.807, 2.05) is 37.3 Å². The van der Waals surface area contributed by atoms with Crippen molar-refractivity contribution < 1.29 is 10.2 Å². The lowest BCUT2D eigenvalue weighted by molar-refractivity contribution is -0.00151. The SMILES string of the molecule is CC1(c2ccccc2)C(O)Nc2cc(Cl)c(Cl)cc2C1O. The minimum atomic E-state index is -0.945. The molecular weight excluding hydrogens is 309 g/mol. The van der Waals surface area contributed by atoms with Crippen LogP contribution < -0.4 is 5.32 Å². The molecule has 3 unspecified atom stereocenters. The second-order valence-electron chi connectivity index (χ2n) is 5.45. The highest BCUT2D eigenvalue weighted by atomic mass is 35.5. The van der Waals surface area contributed by atoms with E-state index in [1.54, 1.807) is 12.1 Å². The highest BCUT2D eigenvalue weighted by Crippen LogP contribution is 2.48. The van der Waals surface area contributed by atoms with Gasteiger partial charge in [-0.2, -0.15) is 0 Å². The van der Waals surface area contributed by atoms with E-state index < -0.39 is 17.7 Å². The minimum absolute atomic E-state index is 0.378. The van der Waals surface area contributed by atoms with E-state index in [4.69, 9.17) is 23.2 Å². The fraction of sp³-hybridized carbons (Fsp3) is 0.250. The molecule has 3 rings (SSSR count). The molecule has 0 amide bonds. The molecule has 0 aromatic heterocycles. The van der Waals surface area contributed by atoms with Crippen LogP contribution in [0.15, 0.2) is 42.5 Å². The smallest absolute Gasteiger partial charge is 0.136 e. The van der Waals surface area contributed by atoms with Crippen LogP contribution in [0.2, 0.25) is 10.0 Å². The quantitative estimate of drug-likeness (QED) is 0.749. The number of nitrogens with one attached hydrogen (secondary N) is 1. The molecule has 0 bridgehead atoms. The number of halogens is 2. The fourth-order valence-electron chi connectivity index (χ4n) is 2.80. The average molecular weight is 324 g/mol. The summed E-state index contributed by atoms with van der Waals surface area (Å²) in [6, 6.07) is 12.7. The van der Waals surface area contributed by atoms with Gasteiger partial charge >= 0.3 is 0 Å². The summed E-state index contributed by atoms with van der Waals surface area (Å²) in [5.41, 5.74) is 1.18. The standard InChI is InChI=1S/C16H15Cl2NO2/c1-16(9-5-3-2-4-6-9)14(20)10-7-11(17)12(18)8-13(10)19-15(16)21/h2-8,14-15,19-21H,1H3. The number of aliphatic hydroxyl groups is 2. The molecule has 0 aliphatic carbocycles. The summed E-state index contributed by atoms with van der Waals surface area (Å²) in [4.78, 5) is 0. The van der Waals surface area contributed by atoms with Crippen molar-refractivity contribution in [3.05, 3.63) is 63.6 Å². The number of benzene rings is 2. The topological polar surface area (TPSA) is 52.5 Å². The number of aliphatic hydroxyl groups excluding tert-OH is 2. The summed E-state index contributed by atoms with van der Waals surface area (Å²) < 4.78 is 0. The number of hydrogen-bond acceptors (Lipinski definition) is 3. The van der Waals surface area contributed by atoms with Crippen LogP contribution in [0, 0.1) is 0 Å². The Labute approximate surface area is 133 Å². The van der Waals surface area contributed by atoms with E-state index >= 15 is 0 Å². The van der Waals surface area contributed by atoms with Gasteiger partial charge in [-0.1, -0.05) is 53.5 Å². The summed E-state index contributed by atoms with van der Waals surface area (Å²) in [5, 5.41) is 25.1. The van der Waals surface area contributed by atoms with E-state index in [-0.39, 0.29) is 0 Å². The van der Waals surface area contributed by atoms with E-state index in [2.05, 4.69) is 5.32 Å². The molecule has 5 heteroatoms. The van der Waals surface area contributed by atoms with Gasteiger partial charge in [-0.05, 0) is 24.6 Å². The van der Waals surface area contributed by atoms with Gasteiger partial charge in [0.15, 0.2) is 0 Å². The van der Waals surface area contributed by atoms with E-state index in [0.29, 0.717) is 21.3 Å². The molecule has 0 saturated heterocycles. The highest BCUT2D eigenvalue weighted by molar-refractivity contribution is 6.42. The Morgan fingerprint density at radius 2 is 1.67 bits per heavy atom. The van der Waals surface area contributed by atoms with Crippen molar-refractivity contribution in [3.8, 4) is 0 Å². The Morgan fingerprint density at radius 1 is 1.05 bits per heavy atom. The first-order valence-corrected chi connectivity index (χ1v) is 7.37. The lowest BCUT2D eigenvalue weighted by atomic mass is 9.71. The number of rotatable bonds is 1. The van der Waals surface area contributed by atoms with Gasteiger partial charge in [-0.3, -0.25) is 0 Å². The lowest BCUT2D eigenvalue weighted by Gasteiger charge is -2.44. The second-order valence-corrected chi connectivity index (χ2v) is 6.27. The molecule has 0 spiro atoms. The Kier molecular flexibility index (Phi) is 3.62. The number of fused-ring (bicyclic) bond motifs is 1. The molecule has 3 N–H and O–H groups in total. The van der Waals surface area contributed by atoms with Crippen LogP contribution in [-0.4, -0.2) is 16.4 Å². The van der Waals surface area contributed by atoms with Crippen LogP contribution in [0.25, 0.3) is 0 Å². The first kappa shape index (κ1) is 14.7. The maximum atomic E-state index is 10.8. The van der Waals surface area contributed by atoms with Gasteiger partial charge in [0.1, 0.15) is 6.23 Å². The third-order valence-corrected chi connectivity index (χ3v) is 4.93. The molecule has 0 fully saturated rings. The fourth-order valence-corrected chi connectivity index (χ4v) is 3.13. The van der Waals surface area contributed by atoms with Crippen molar-refractivity contribution in [2.45, 2.75) is 24.7 Å². The lowest BCUT2D eigenvalue weighted by Crippen LogP contribution is -2.50. The number of anilines is 1. The van der Waals surface area contributed by atoms with Gasteiger partial charge in [-0.25, -0.2) is 0 Å². The maximum Gasteiger partial charge on any atom is 0.136 e. The van der Waals surface area contributed by atoms with E-state index in [0.717, 1.165) is 5.56 Å². The van der Waals surface area contributed by atoms with Crippen molar-refractivity contribution in [2.24, 2.45) is 0 Å². The molecule has 1 heterocycles. The number of hydrogen-bond donors (Lipinski definition) is 3. The van der Waals surface area contributed by atoms with Crippen LogP contribution in [-0.2, 0) is 5.41 Å². The Bertz CT molecular complexity index is 677. The van der Waals surface area contributed by atoms with Gasteiger partial charge in [0.05, 0.1) is 21.6 Å². The van der Waals surface area contributed by atoms with E-state index in [1.165, 1.54) is 0 Å². The van der Waals surface area contributed by atoms with Crippen LogP contribution in [0.4, 0.5) is 5.69 Å². The summed E-state index contributed by atoms with van der Waals surface area (Å²) >= 11 is 12.0. The first-order valence-electron chi connectivity index (χ1n) is 6.61. The summed E-state index contributed by atoms with van der Waals surface area (Å²) in [6.07, 6.45) is -1.85. The van der Waals surface area contributed by atoms with E-state index in [9.17, 15) is 10.2 Å². The van der Waals surface area contributed by atoms with Crippen molar-refractivity contribution in [2.75, 3.05) is 5.32 Å². The van der Waals surface area contributed by atoms with Crippen LogP contribution >= 0.6 is 23.2 Å². The first-order chi connectivity index (χ1) is 9.94. The Balaban J connectivity index is 2.15. The monoisotopic (exact) mass is 323 g/mol. The van der Waals surface area contributed by atoms with Crippen LogP contribution in [0.1, 0.15) is 24.2 Å². The zero-order valence-electron chi connectivity index (χ0n) is 11.3. The predicted molar refractivity (Wildman–Crippen MR) is 84.8 cm³/mol. The summed E-state index contributed by atoms with van der Waals surface area (Å²) in [7, 11) is 0. The minimum Gasteiger partial charge on any atom is -0.387 e. The molecule has 110 valence electrons. The van der Waals surface area contributed by atoms with Crippen molar-refractivity contribution in [3.63, 3.8) is 0 Å². The van der Waals surface area contributed by atoms with Crippen LogP contribution in [0.5, 0.6) is 0 Å². The van der Waals surface area contributed by atoms with Crippen molar-refractivity contribution >= 4 is 28.9 Å². The zero-order valence-corrected chi connectivity index (χ0v) is 12.9. The molecule has 0 saturated carbocycles. The van der Waals surface area contributed by atoms with Crippen molar-refractivity contribution in [1.29, 1.82) is 0 Å². The maximum absolute atomic E-state index is 10.8. The summed E-state index contributed by atoms with van der Waals surface area (Å²) in [6.45, 7) is 1.82. The normalized spacial score (nSPS) is 27.9. The van der Waals surface area contributed by atoms with Gasteiger partial charge in [0, 0.05) is 11.3 Å². The average Bonchev–Trinajstić information content (AvgIpc) is 2.48. The molecule has 1 aliphatic heterocycles. The molecule has 2 aromatic rings. The van der Waals surface area contributed by atoms with Gasteiger partial charge < -0.3 is 15.5 Å². The largest absolute Gasteiger partial charge is 0.387 e. The summed E-state index contributed by atoms with van der Waals surface area (Å²) in [5.74, 6) is 0. The van der Waals surface area contributed by atoms with Gasteiger partial charge in [0.25, 0.3) is 0 Å². The second kappa shape index (κ2) is 5.18. The van der Waals surface area contributed by atoms with Gasteiger partial charge in [0.2, 0.25) is 0 Å². The molecule has 21 heavy (non-hydrogen) atoms. The molecule has 3 atom stereocenters. The third kappa shape index (κ3) is 2.21.